The van der Waals surface area contributed by atoms with Crippen molar-refractivity contribution in [3.8, 4) is 0 Å². The second-order valence-corrected chi connectivity index (χ2v) is 2.39. The minimum Gasteiger partial charge on any atom is -0.478 e. The molecule has 0 unspecified atom stereocenters. The first-order valence-electron chi connectivity index (χ1n) is 3.40. The highest BCUT2D eigenvalue weighted by Crippen LogP contribution is 2.28. The number of hydrogen-bond acceptors (Lipinski definition) is 3. The molecule has 0 spiro atoms. The quantitative estimate of drug-likeness (QED) is 0.767. The molecule has 7 heteroatoms. The highest BCUT2D eigenvalue weighted by atomic mass is 19.3. The summed E-state index contributed by atoms with van der Waals surface area (Å²) >= 11 is 0. The van der Waals surface area contributed by atoms with Crippen molar-refractivity contribution < 1.29 is 23.1 Å². The second-order valence-electron chi connectivity index (χ2n) is 2.39. The number of nitrogen functional groups attached to an aromatic ring is 1. The zero-order valence-corrected chi connectivity index (χ0v) is 6.67. The van der Waals surface area contributed by atoms with Gasteiger partial charge in [-0.1, -0.05) is 0 Å². The van der Waals surface area contributed by atoms with Crippen LogP contribution in [0.25, 0.3) is 0 Å². The summed E-state index contributed by atoms with van der Waals surface area (Å²) in [5, 5.41) is 8.50. The highest BCUT2D eigenvalue weighted by molar-refractivity contribution is 5.94. The van der Waals surface area contributed by atoms with E-state index < -0.39 is 35.2 Å². The van der Waals surface area contributed by atoms with Crippen LogP contribution in [0.1, 0.15) is 22.3 Å². The molecule has 0 saturated carbocycles. The number of nitrogens with zero attached hydrogens (tertiary/aromatic N) is 1. The number of aromatic nitrogens is 1. The van der Waals surface area contributed by atoms with Crippen molar-refractivity contribution in [2.24, 2.45) is 0 Å². The number of carboxylic acids is 1. The molecule has 4 nitrogen and oxygen atoms in total. The van der Waals surface area contributed by atoms with E-state index in [1.54, 1.807) is 0 Å². The molecule has 0 aromatic carbocycles. The van der Waals surface area contributed by atoms with Crippen LogP contribution in [0.4, 0.5) is 19.0 Å². The van der Waals surface area contributed by atoms with Gasteiger partial charge in [-0.2, -0.15) is 0 Å². The van der Waals surface area contributed by atoms with E-state index in [1.165, 1.54) is 0 Å². The Kier molecular flexibility index (Phi) is 2.59. The number of anilines is 1. The van der Waals surface area contributed by atoms with Crippen LogP contribution in [-0.2, 0) is 0 Å². The van der Waals surface area contributed by atoms with Crippen LogP contribution in [0.15, 0.2) is 6.20 Å². The molecule has 0 bridgehead atoms. The maximum Gasteiger partial charge on any atom is 0.340 e. The fourth-order valence-electron chi connectivity index (χ4n) is 0.956. The van der Waals surface area contributed by atoms with E-state index in [9.17, 15) is 18.0 Å². The number of halogens is 3. The lowest BCUT2D eigenvalue weighted by atomic mass is 10.1. The van der Waals surface area contributed by atoms with E-state index in [0.29, 0.717) is 6.20 Å². The molecule has 0 aliphatic rings. The summed E-state index contributed by atoms with van der Waals surface area (Å²) in [6.07, 6.45) is -2.78. The molecule has 0 saturated heterocycles. The van der Waals surface area contributed by atoms with Crippen LogP contribution < -0.4 is 5.73 Å². The Morgan fingerprint density at radius 1 is 1.57 bits per heavy atom. The molecule has 76 valence electrons. The molecular formula is C7H5F3N2O2. The fourth-order valence-corrected chi connectivity index (χ4v) is 0.956. The number of pyridine rings is 1. The number of alkyl halides is 2. The Morgan fingerprint density at radius 2 is 2.14 bits per heavy atom. The third kappa shape index (κ3) is 1.61. The average Bonchev–Trinajstić information content (AvgIpc) is 2.07. The Hall–Kier alpha value is -1.79. The molecule has 0 aliphatic heterocycles. The van der Waals surface area contributed by atoms with E-state index in [4.69, 9.17) is 10.8 Å². The SMILES string of the molecule is Nc1ncc(F)c(C(F)F)c1C(=O)O. The van der Waals surface area contributed by atoms with Crippen molar-refractivity contribution in [3.63, 3.8) is 0 Å². The van der Waals surface area contributed by atoms with E-state index in [-0.39, 0.29) is 0 Å². The molecule has 3 N–H and O–H groups in total. The highest BCUT2D eigenvalue weighted by Gasteiger charge is 2.25. The molecule has 1 rings (SSSR count). The van der Waals surface area contributed by atoms with Gasteiger partial charge in [-0.05, 0) is 0 Å². The van der Waals surface area contributed by atoms with Crippen LogP contribution in [0.5, 0.6) is 0 Å². The maximum absolute atomic E-state index is 12.8. The first-order valence-corrected chi connectivity index (χ1v) is 3.40. The first kappa shape index (κ1) is 10.3. The van der Waals surface area contributed by atoms with Crippen LogP contribution >= 0.6 is 0 Å². The first-order chi connectivity index (χ1) is 6.45. The second kappa shape index (κ2) is 3.52. The number of aromatic carboxylic acids is 1. The molecule has 1 aromatic heterocycles. The van der Waals surface area contributed by atoms with Crippen molar-refractivity contribution in [3.05, 3.63) is 23.1 Å². The summed E-state index contributed by atoms with van der Waals surface area (Å²) in [4.78, 5) is 13.6. The zero-order valence-electron chi connectivity index (χ0n) is 6.67. The number of hydrogen-bond donors (Lipinski definition) is 2. The van der Waals surface area contributed by atoms with Gasteiger partial charge < -0.3 is 10.8 Å². The van der Waals surface area contributed by atoms with Gasteiger partial charge in [0.05, 0.1) is 11.8 Å². The minimum atomic E-state index is -3.24. The summed E-state index contributed by atoms with van der Waals surface area (Å²) in [6, 6.07) is 0. The van der Waals surface area contributed by atoms with Gasteiger partial charge in [0.2, 0.25) is 0 Å². The third-order valence-corrected chi connectivity index (χ3v) is 1.53. The monoisotopic (exact) mass is 206 g/mol. The lowest BCUT2D eigenvalue weighted by Gasteiger charge is -2.07. The molecule has 0 radical (unpaired) electrons. The van der Waals surface area contributed by atoms with Gasteiger partial charge in [0, 0.05) is 0 Å². The molecule has 0 aliphatic carbocycles. The summed E-state index contributed by atoms with van der Waals surface area (Å²) in [5.41, 5.74) is 2.82. The van der Waals surface area contributed by atoms with Crippen molar-refractivity contribution in [2.45, 2.75) is 6.43 Å². The van der Waals surface area contributed by atoms with Gasteiger partial charge in [0.1, 0.15) is 11.4 Å². The van der Waals surface area contributed by atoms with Gasteiger partial charge >= 0.3 is 5.97 Å². The molecule has 14 heavy (non-hydrogen) atoms. The minimum absolute atomic E-state index is 0.462. The number of rotatable bonds is 2. The average molecular weight is 206 g/mol. The number of carbonyl (C=O) groups is 1. The predicted octanol–water partition coefficient (Wildman–Crippen LogP) is 1.44. The van der Waals surface area contributed by atoms with Gasteiger partial charge in [0.25, 0.3) is 6.43 Å². The lowest BCUT2D eigenvalue weighted by molar-refractivity contribution is 0.0683. The molecule has 0 fully saturated rings. The molecule has 0 atom stereocenters. The number of carboxylic acid groups (broad SMARTS) is 1. The van der Waals surface area contributed by atoms with Gasteiger partial charge in [-0.3, -0.25) is 0 Å². The summed E-state index contributed by atoms with van der Waals surface area (Å²) in [6.45, 7) is 0. The predicted molar refractivity (Wildman–Crippen MR) is 40.5 cm³/mol. The largest absolute Gasteiger partial charge is 0.478 e. The molecule has 1 aromatic rings. The Morgan fingerprint density at radius 3 is 2.50 bits per heavy atom. The Bertz CT molecular complexity index is 381. The van der Waals surface area contributed by atoms with Gasteiger partial charge in [0.15, 0.2) is 5.82 Å². The van der Waals surface area contributed by atoms with Crippen molar-refractivity contribution in [1.29, 1.82) is 0 Å². The standard InChI is InChI=1S/C7H5F3N2O2/c8-2-1-12-6(11)4(7(13)14)3(2)5(9)10/h1,5H,(H2,11,12)(H,13,14). The zero-order chi connectivity index (χ0) is 10.9. The van der Waals surface area contributed by atoms with E-state index in [1.807, 2.05) is 0 Å². The van der Waals surface area contributed by atoms with E-state index in [0.717, 1.165) is 0 Å². The van der Waals surface area contributed by atoms with Crippen molar-refractivity contribution in [2.75, 3.05) is 5.73 Å². The Labute approximate surface area is 76.2 Å². The molecular weight excluding hydrogens is 201 g/mol. The van der Waals surface area contributed by atoms with Crippen LogP contribution in [-0.4, -0.2) is 16.1 Å². The topological polar surface area (TPSA) is 76.2 Å². The van der Waals surface area contributed by atoms with Gasteiger partial charge in [-0.15, -0.1) is 0 Å². The van der Waals surface area contributed by atoms with Crippen LogP contribution in [0.2, 0.25) is 0 Å². The van der Waals surface area contributed by atoms with Crippen LogP contribution in [0, 0.1) is 5.82 Å². The molecule has 0 amide bonds. The van der Waals surface area contributed by atoms with Crippen LogP contribution in [0.3, 0.4) is 0 Å². The molecule has 1 heterocycles. The third-order valence-electron chi connectivity index (χ3n) is 1.53. The van der Waals surface area contributed by atoms with Crippen molar-refractivity contribution in [1.82, 2.24) is 4.98 Å². The fraction of sp³-hybridized carbons (Fsp3) is 0.143. The van der Waals surface area contributed by atoms with Crippen molar-refractivity contribution >= 4 is 11.8 Å². The van der Waals surface area contributed by atoms with E-state index in [2.05, 4.69) is 4.98 Å². The maximum atomic E-state index is 12.8. The van der Waals surface area contributed by atoms with E-state index >= 15 is 0 Å². The lowest BCUT2D eigenvalue weighted by Crippen LogP contribution is -2.11. The van der Waals surface area contributed by atoms with Gasteiger partial charge in [-0.25, -0.2) is 22.9 Å². The summed E-state index contributed by atoms with van der Waals surface area (Å²) in [7, 11) is 0. The normalized spacial score (nSPS) is 10.6. The Balaban J connectivity index is 3.50. The summed E-state index contributed by atoms with van der Waals surface area (Å²) in [5.74, 6) is -3.74. The number of nitrogens with two attached hydrogens (primary N) is 1. The summed E-state index contributed by atoms with van der Waals surface area (Å²) < 4.78 is 37.3. The smallest absolute Gasteiger partial charge is 0.340 e.